The average Bonchev–Trinajstić information content (AvgIpc) is 3.15. The van der Waals surface area contributed by atoms with Crippen molar-refractivity contribution in [1.29, 1.82) is 0 Å². The van der Waals surface area contributed by atoms with Crippen molar-refractivity contribution in [2.45, 2.75) is 63.5 Å². The third-order valence-electron chi connectivity index (χ3n) is 4.75. The van der Waals surface area contributed by atoms with Crippen LogP contribution < -0.4 is 5.32 Å². The lowest BCUT2D eigenvalue weighted by molar-refractivity contribution is 0.0720. The van der Waals surface area contributed by atoms with Crippen LogP contribution in [0.4, 0.5) is 0 Å². The van der Waals surface area contributed by atoms with Gasteiger partial charge in [-0.2, -0.15) is 0 Å². The van der Waals surface area contributed by atoms with E-state index in [-0.39, 0.29) is 0 Å². The first-order chi connectivity index (χ1) is 7.92. The number of ether oxygens (including phenoxy) is 1. The second-order valence-electron chi connectivity index (χ2n) is 6.00. The molecule has 0 spiro atoms. The Hall–Kier alpha value is -0.0800. The summed E-state index contributed by atoms with van der Waals surface area (Å²) in [4.78, 5) is 0. The molecule has 3 fully saturated rings. The lowest BCUT2D eigenvalue weighted by Crippen LogP contribution is -2.43. The molecule has 1 heterocycles. The van der Waals surface area contributed by atoms with Gasteiger partial charge in [0.2, 0.25) is 0 Å². The predicted molar refractivity (Wildman–Crippen MR) is 65.4 cm³/mol. The van der Waals surface area contributed by atoms with Gasteiger partial charge >= 0.3 is 0 Å². The maximum atomic E-state index is 5.41. The number of rotatable bonds is 3. The Balaban J connectivity index is 1.39. The van der Waals surface area contributed by atoms with Crippen molar-refractivity contribution in [2.24, 2.45) is 11.8 Å². The topological polar surface area (TPSA) is 21.3 Å². The fourth-order valence-electron chi connectivity index (χ4n) is 3.52. The minimum atomic E-state index is 0.747. The molecule has 2 aliphatic carbocycles. The Morgan fingerprint density at radius 1 is 0.625 bits per heavy atom. The van der Waals surface area contributed by atoms with Gasteiger partial charge in [0.15, 0.2) is 0 Å². The Bertz CT molecular complexity index is 213. The Morgan fingerprint density at radius 3 is 1.69 bits per heavy atom. The summed E-state index contributed by atoms with van der Waals surface area (Å²) in [5.41, 5.74) is 0. The molecule has 0 atom stereocenters. The van der Waals surface area contributed by atoms with Crippen LogP contribution in [0.5, 0.6) is 0 Å². The molecule has 0 aromatic heterocycles. The van der Waals surface area contributed by atoms with Gasteiger partial charge in [0.05, 0.1) is 0 Å². The van der Waals surface area contributed by atoms with E-state index in [9.17, 15) is 0 Å². The second-order valence-corrected chi connectivity index (χ2v) is 6.00. The largest absolute Gasteiger partial charge is 0.381 e. The summed E-state index contributed by atoms with van der Waals surface area (Å²) < 4.78 is 5.41. The zero-order valence-corrected chi connectivity index (χ0v) is 10.3. The summed E-state index contributed by atoms with van der Waals surface area (Å²) in [5.74, 6) is 2.22. The van der Waals surface area contributed by atoms with Gasteiger partial charge < -0.3 is 10.1 Å². The summed E-state index contributed by atoms with van der Waals surface area (Å²) in [6.45, 7) is 1.93. The van der Waals surface area contributed by atoms with Gasteiger partial charge in [-0.3, -0.25) is 0 Å². The highest BCUT2D eigenvalue weighted by Crippen LogP contribution is 2.43. The zero-order chi connectivity index (χ0) is 10.8. The van der Waals surface area contributed by atoms with Crippen molar-refractivity contribution in [3.05, 3.63) is 0 Å². The summed E-state index contributed by atoms with van der Waals surface area (Å²) in [5, 5.41) is 3.86. The second kappa shape index (κ2) is 5.05. The molecule has 16 heavy (non-hydrogen) atoms. The smallest absolute Gasteiger partial charge is 0.0480 e. The highest BCUT2D eigenvalue weighted by molar-refractivity contribution is 4.88. The Labute approximate surface area is 99.1 Å². The first-order valence-corrected chi connectivity index (χ1v) is 7.25. The monoisotopic (exact) mass is 223 g/mol. The maximum Gasteiger partial charge on any atom is 0.0480 e. The Kier molecular flexibility index (Phi) is 3.49. The molecule has 0 amide bonds. The van der Waals surface area contributed by atoms with Crippen LogP contribution in [0.25, 0.3) is 0 Å². The number of hydrogen-bond acceptors (Lipinski definition) is 2. The normalized spacial score (nSPS) is 37.5. The van der Waals surface area contributed by atoms with Crippen molar-refractivity contribution in [3.63, 3.8) is 0 Å². The highest BCUT2D eigenvalue weighted by atomic mass is 16.5. The molecule has 3 aliphatic rings. The van der Waals surface area contributed by atoms with Crippen LogP contribution in [0.3, 0.4) is 0 Å². The van der Waals surface area contributed by atoms with Crippen molar-refractivity contribution >= 4 is 0 Å². The third kappa shape index (κ3) is 2.78. The molecule has 1 saturated heterocycles. The number of nitrogens with one attached hydrogen (secondary N) is 1. The summed E-state index contributed by atoms with van der Waals surface area (Å²) in [6.07, 6.45) is 11.4. The molecule has 3 rings (SSSR count). The van der Waals surface area contributed by atoms with Gasteiger partial charge in [-0.1, -0.05) is 0 Å². The molecule has 0 radical (unpaired) electrons. The van der Waals surface area contributed by atoms with Crippen LogP contribution in [0.1, 0.15) is 51.4 Å². The van der Waals surface area contributed by atoms with E-state index in [1.165, 1.54) is 51.4 Å². The van der Waals surface area contributed by atoms with Crippen molar-refractivity contribution in [2.75, 3.05) is 13.2 Å². The van der Waals surface area contributed by atoms with Gasteiger partial charge in [-0.05, 0) is 63.2 Å². The summed E-state index contributed by atoms with van der Waals surface area (Å²) >= 11 is 0. The standard InChI is InChI=1S/C14H25NO/c1-2-11(1)12-3-5-13(6-4-12)15-14-7-9-16-10-8-14/h11-15H,1-10H2. The quantitative estimate of drug-likeness (QED) is 0.794. The molecule has 0 bridgehead atoms. The van der Waals surface area contributed by atoms with Crippen molar-refractivity contribution in [3.8, 4) is 0 Å². The lowest BCUT2D eigenvalue weighted by atomic mass is 9.82. The molecular formula is C14H25NO. The molecule has 2 heteroatoms. The molecule has 2 nitrogen and oxygen atoms in total. The summed E-state index contributed by atoms with van der Waals surface area (Å²) in [7, 11) is 0. The van der Waals surface area contributed by atoms with E-state index in [0.29, 0.717) is 0 Å². The van der Waals surface area contributed by atoms with E-state index in [1.54, 1.807) is 0 Å². The van der Waals surface area contributed by atoms with E-state index in [0.717, 1.165) is 37.1 Å². The van der Waals surface area contributed by atoms with E-state index >= 15 is 0 Å². The van der Waals surface area contributed by atoms with Crippen LogP contribution in [0, 0.1) is 11.8 Å². The molecule has 92 valence electrons. The number of hydrogen-bond donors (Lipinski definition) is 1. The first-order valence-electron chi connectivity index (χ1n) is 7.25. The van der Waals surface area contributed by atoms with E-state index in [1.807, 2.05) is 0 Å². The van der Waals surface area contributed by atoms with Crippen LogP contribution >= 0.6 is 0 Å². The summed E-state index contributed by atoms with van der Waals surface area (Å²) in [6, 6.07) is 1.56. The highest BCUT2D eigenvalue weighted by Gasteiger charge is 2.34. The van der Waals surface area contributed by atoms with Crippen LogP contribution in [0.15, 0.2) is 0 Å². The van der Waals surface area contributed by atoms with E-state index < -0.39 is 0 Å². The first kappa shape index (κ1) is 11.0. The molecule has 0 aromatic rings. The van der Waals surface area contributed by atoms with E-state index in [4.69, 9.17) is 4.74 Å². The molecule has 0 aromatic carbocycles. The van der Waals surface area contributed by atoms with Crippen molar-refractivity contribution in [1.82, 2.24) is 5.32 Å². The fourth-order valence-corrected chi connectivity index (χ4v) is 3.52. The van der Waals surface area contributed by atoms with Crippen LogP contribution in [-0.4, -0.2) is 25.3 Å². The molecule has 1 N–H and O–H groups in total. The minimum absolute atomic E-state index is 0.747. The van der Waals surface area contributed by atoms with Gasteiger partial charge in [-0.25, -0.2) is 0 Å². The molecular weight excluding hydrogens is 198 g/mol. The fraction of sp³-hybridized carbons (Fsp3) is 1.00. The zero-order valence-electron chi connectivity index (χ0n) is 10.3. The average molecular weight is 223 g/mol. The predicted octanol–water partition coefficient (Wildman–Crippen LogP) is 2.72. The van der Waals surface area contributed by atoms with Gasteiger partial charge in [0.1, 0.15) is 0 Å². The van der Waals surface area contributed by atoms with Crippen LogP contribution in [-0.2, 0) is 4.74 Å². The molecule has 1 aliphatic heterocycles. The van der Waals surface area contributed by atoms with Crippen molar-refractivity contribution < 1.29 is 4.74 Å². The van der Waals surface area contributed by atoms with E-state index in [2.05, 4.69) is 5.32 Å². The lowest BCUT2D eigenvalue weighted by Gasteiger charge is -2.33. The third-order valence-corrected chi connectivity index (χ3v) is 4.75. The van der Waals surface area contributed by atoms with Gasteiger partial charge in [0.25, 0.3) is 0 Å². The maximum absolute atomic E-state index is 5.41. The van der Waals surface area contributed by atoms with Crippen LogP contribution in [0.2, 0.25) is 0 Å². The SMILES string of the molecule is C1CC(NC2CCC(C3CC3)CC2)CCO1. The minimum Gasteiger partial charge on any atom is -0.381 e. The van der Waals surface area contributed by atoms with Gasteiger partial charge in [0, 0.05) is 25.3 Å². The Morgan fingerprint density at radius 2 is 1.12 bits per heavy atom. The molecule has 0 unspecified atom stereocenters. The molecule has 2 saturated carbocycles. The van der Waals surface area contributed by atoms with Gasteiger partial charge in [-0.15, -0.1) is 0 Å².